The zero-order chi connectivity index (χ0) is 19.8. The van der Waals surface area contributed by atoms with Crippen LogP contribution in [0, 0.1) is 12.3 Å². The number of benzene rings is 2. The minimum absolute atomic E-state index is 0.143. The summed E-state index contributed by atoms with van der Waals surface area (Å²) in [7, 11) is -1.46. The molecule has 1 unspecified atom stereocenters. The lowest BCUT2D eigenvalue weighted by molar-refractivity contribution is 0.0678. The highest BCUT2D eigenvalue weighted by atomic mass is 32.2. The summed E-state index contributed by atoms with van der Waals surface area (Å²) in [4.78, 5) is 12.4. The number of methoxy groups -OCH3 is 2. The highest BCUT2D eigenvalue weighted by Crippen LogP contribution is 2.41. The molecule has 2 aromatic rings. The lowest BCUT2D eigenvalue weighted by Gasteiger charge is -2.36. The molecule has 3 rings (SSSR count). The molecular formula is C19H17NO6S. The Hall–Kier alpha value is -3.18. The summed E-state index contributed by atoms with van der Waals surface area (Å²) in [6.07, 6.45) is 4.44. The second-order valence-corrected chi connectivity index (χ2v) is 7.64. The number of sulfonamides is 1. The van der Waals surface area contributed by atoms with E-state index < -0.39 is 21.7 Å². The number of nitrogens with zero attached hydrogens (tertiary/aromatic N) is 1. The van der Waals surface area contributed by atoms with Gasteiger partial charge in [-0.3, -0.25) is 0 Å². The van der Waals surface area contributed by atoms with Crippen molar-refractivity contribution in [1.82, 2.24) is 0 Å². The van der Waals surface area contributed by atoms with Crippen molar-refractivity contribution in [3.63, 3.8) is 0 Å². The second-order valence-electron chi connectivity index (χ2n) is 5.85. The van der Waals surface area contributed by atoms with Crippen molar-refractivity contribution in [2.45, 2.75) is 17.4 Å². The molecule has 27 heavy (non-hydrogen) atoms. The van der Waals surface area contributed by atoms with Crippen LogP contribution in [0.1, 0.15) is 12.5 Å². The molecule has 0 fully saturated rings. The number of hydrogen-bond acceptors (Lipinski definition) is 6. The Labute approximate surface area is 157 Å². The largest absolute Gasteiger partial charge is 0.493 e. The van der Waals surface area contributed by atoms with Crippen LogP contribution >= 0.6 is 0 Å². The van der Waals surface area contributed by atoms with Gasteiger partial charge in [-0.25, -0.2) is 13.2 Å². The first-order valence-corrected chi connectivity index (χ1v) is 9.30. The highest BCUT2D eigenvalue weighted by Gasteiger charge is 2.45. The number of terminal acetylenes is 1. The van der Waals surface area contributed by atoms with Gasteiger partial charge in [0.25, 0.3) is 10.0 Å². The molecule has 8 heteroatoms. The van der Waals surface area contributed by atoms with Gasteiger partial charge in [-0.1, -0.05) is 24.1 Å². The topological polar surface area (TPSA) is 82.1 Å². The van der Waals surface area contributed by atoms with E-state index in [1.54, 1.807) is 18.2 Å². The van der Waals surface area contributed by atoms with Crippen LogP contribution in [0.2, 0.25) is 0 Å². The molecule has 1 heterocycles. The summed E-state index contributed by atoms with van der Waals surface area (Å²) < 4.78 is 42.6. The molecule has 1 atom stereocenters. The fourth-order valence-corrected chi connectivity index (χ4v) is 4.20. The fourth-order valence-electron chi connectivity index (χ4n) is 2.84. The number of rotatable bonds is 4. The number of carbonyl (C=O) groups is 1. The van der Waals surface area contributed by atoms with E-state index in [1.165, 1.54) is 45.4 Å². The van der Waals surface area contributed by atoms with Gasteiger partial charge in [0.2, 0.25) is 0 Å². The fraction of sp³-hybridized carbons (Fsp3) is 0.211. The monoisotopic (exact) mass is 387 g/mol. The number of amides is 1. The van der Waals surface area contributed by atoms with Crippen molar-refractivity contribution < 1.29 is 27.4 Å². The van der Waals surface area contributed by atoms with E-state index in [0.29, 0.717) is 15.6 Å². The first kappa shape index (κ1) is 18.6. The Morgan fingerprint density at radius 1 is 1.11 bits per heavy atom. The van der Waals surface area contributed by atoms with Gasteiger partial charge >= 0.3 is 6.09 Å². The Balaban J connectivity index is 2.19. The summed E-state index contributed by atoms with van der Waals surface area (Å²) in [5, 5.41) is 0. The molecule has 1 aliphatic heterocycles. The van der Waals surface area contributed by atoms with Crippen molar-refractivity contribution in [3.05, 3.63) is 48.0 Å². The average molecular weight is 387 g/mol. The minimum Gasteiger partial charge on any atom is -0.493 e. The van der Waals surface area contributed by atoms with E-state index in [-0.39, 0.29) is 16.3 Å². The van der Waals surface area contributed by atoms with Gasteiger partial charge in [0.15, 0.2) is 17.1 Å². The zero-order valence-electron chi connectivity index (χ0n) is 14.9. The third-order valence-corrected chi connectivity index (χ3v) is 5.94. The number of fused-ring (bicyclic) bond motifs is 1. The minimum atomic E-state index is -4.29. The molecule has 0 aliphatic carbocycles. The molecule has 7 nitrogen and oxygen atoms in total. The van der Waals surface area contributed by atoms with Crippen molar-refractivity contribution in [2.24, 2.45) is 0 Å². The first-order valence-electron chi connectivity index (χ1n) is 7.86. The van der Waals surface area contributed by atoms with Crippen LogP contribution in [0.3, 0.4) is 0 Å². The molecule has 0 bridgehead atoms. The van der Waals surface area contributed by atoms with Gasteiger partial charge in [0.1, 0.15) is 0 Å². The van der Waals surface area contributed by atoms with Crippen LogP contribution in [0.25, 0.3) is 0 Å². The van der Waals surface area contributed by atoms with Crippen LogP contribution in [0.4, 0.5) is 10.5 Å². The predicted molar refractivity (Wildman–Crippen MR) is 98.3 cm³/mol. The Morgan fingerprint density at radius 3 is 2.41 bits per heavy atom. The molecule has 0 aromatic heterocycles. The lowest BCUT2D eigenvalue weighted by Crippen LogP contribution is -2.47. The standard InChI is InChI=1S/C19H17NO6S/c1-5-19(2)14-8-6-7-9-15(14)20(18(21)26-19)27(22,23)13-10-11-16(24-3)17(12-13)25-4/h1,6-12H,2-4H3. The molecule has 0 saturated carbocycles. The Kier molecular flexibility index (Phi) is 4.49. The first-order chi connectivity index (χ1) is 12.8. The summed E-state index contributed by atoms with van der Waals surface area (Å²) in [6.45, 7) is 1.53. The van der Waals surface area contributed by atoms with Crippen molar-refractivity contribution in [1.29, 1.82) is 0 Å². The number of ether oxygens (including phenoxy) is 3. The van der Waals surface area contributed by atoms with E-state index >= 15 is 0 Å². The third-order valence-electron chi connectivity index (χ3n) is 4.26. The molecular weight excluding hydrogens is 370 g/mol. The van der Waals surface area contributed by atoms with Crippen molar-refractivity contribution in [2.75, 3.05) is 18.5 Å². The van der Waals surface area contributed by atoms with Crippen LogP contribution in [-0.2, 0) is 20.4 Å². The maximum absolute atomic E-state index is 13.2. The number of hydrogen-bond donors (Lipinski definition) is 0. The smallest absolute Gasteiger partial charge is 0.430 e. The summed E-state index contributed by atoms with van der Waals surface area (Å²) >= 11 is 0. The normalized spacial score (nSPS) is 18.9. The Bertz CT molecular complexity index is 1060. The quantitative estimate of drug-likeness (QED) is 0.751. The van der Waals surface area contributed by atoms with Crippen LogP contribution in [-0.4, -0.2) is 28.7 Å². The van der Waals surface area contributed by atoms with Gasteiger partial charge in [-0.05, 0) is 25.1 Å². The van der Waals surface area contributed by atoms with E-state index in [2.05, 4.69) is 5.92 Å². The van der Waals surface area contributed by atoms with Gasteiger partial charge in [-0.15, -0.1) is 6.42 Å². The molecule has 1 aliphatic rings. The van der Waals surface area contributed by atoms with Crippen molar-refractivity contribution >= 4 is 21.8 Å². The molecule has 1 amide bonds. The van der Waals surface area contributed by atoms with Gasteiger partial charge in [0.05, 0.1) is 24.8 Å². The molecule has 0 spiro atoms. The highest BCUT2D eigenvalue weighted by molar-refractivity contribution is 7.93. The average Bonchev–Trinajstić information content (AvgIpc) is 2.67. The van der Waals surface area contributed by atoms with Crippen LogP contribution in [0.15, 0.2) is 47.4 Å². The number of cyclic esters (lactones) is 1. The van der Waals surface area contributed by atoms with Crippen LogP contribution < -0.4 is 13.8 Å². The molecule has 0 radical (unpaired) electrons. The Morgan fingerprint density at radius 2 is 1.78 bits per heavy atom. The van der Waals surface area contributed by atoms with E-state index in [9.17, 15) is 13.2 Å². The number of anilines is 1. The molecule has 0 saturated heterocycles. The number of carbonyl (C=O) groups excluding carboxylic acids is 1. The zero-order valence-corrected chi connectivity index (χ0v) is 15.7. The molecule has 2 aromatic carbocycles. The summed E-state index contributed by atoms with van der Waals surface area (Å²) in [5.41, 5.74) is -0.822. The van der Waals surface area contributed by atoms with Gasteiger partial charge in [0, 0.05) is 11.6 Å². The molecule has 140 valence electrons. The van der Waals surface area contributed by atoms with E-state index in [1.807, 2.05) is 0 Å². The van der Waals surface area contributed by atoms with Gasteiger partial charge < -0.3 is 14.2 Å². The van der Waals surface area contributed by atoms with E-state index in [4.69, 9.17) is 20.6 Å². The second kappa shape index (κ2) is 6.52. The third kappa shape index (κ3) is 2.86. The van der Waals surface area contributed by atoms with Crippen molar-refractivity contribution in [3.8, 4) is 23.8 Å². The SMILES string of the molecule is C#CC1(C)OC(=O)N(S(=O)(=O)c2ccc(OC)c(OC)c2)c2ccccc21. The number of para-hydroxylation sites is 1. The summed E-state index contributed by atoms with van der Waals surface area (Å²) in [5.74, 6) is 2.98. The maximum atomic E-state index is 13.2. The molecule has 0 N–H and O–H groups in total. The lowest BCUT2D eigenvalue weighted by atomic mass is 9.94. The maximum Gasteiger partial charge on any atom is 0.430 e. The van der Waals surface area contributed by atoms with Crippen LogP contribution in [0.5, 0.6) is 11.5 Å². The predicted octanol–water partition coefficient (Wildman–Crippen LogP) is 2.90. The van der Waals surface area contributed by atoms with E-state index in [0.717, 1.165) is 0 Å². The summed E-state index contributed by atoms with van der Waals surface area (Å²) in [6, 6.07) is 10.5. The van der Waals surface area contributed by atoms with Gasteiger partial charge in [-0.2, -0.15) is 4.31 Å².